The van der Waals surface area contributed by atoms with Crippen LogP contribution < -0.4 is 4.74 Å². The van der Waals surface area contributed by atoms with Crippen LogP contribution in [0.4, 0.5) is 0 Å². The quantitative estimate of drug-likeness (QED) is 0.849. The summed E-state index contributed by atoms with van der Waals surface area (Å²) in [4.78, 5) is 11.8. The van der Waals surface area contributed by atoms with Gasteiger partial charge in [-0.1, -0.05) is 48.6 Å². The normalized spacial score (nSPS) is 11.1. The number of aromatic hydroxyl groups is 1. The summed E-state index contributed by atoms with van der Waals surface area (Å²) in [6, 6.07) is 14.5. The highest BCUT2D eigenvalue weighted by molar-refractivity contribution is 6.04. The van der Waals surface area contributed by atoms with Crippen LogP contribution in [0.5, 0.6) is 11.5 Å². The standard InChI is InChI=1S/C18H16O3/c1-21-18-13-15(9-12-17(18)20)8-11-16(19)10-7-14-5-3-2-4-6-14/h2-13,20H,1H3. The van der Waals surface area contributed by atoms with Gasteiger partial charge >= 0.3 is 0 Å². The maximum Gasteiger partial charge on any atom is 0.178 e. The molecular weight excluding hydrogens is 264 g/mol. The van der Waals surface area contributed by atoms with Crippen LogP contribution in [0.25, 0.3) is 12.2 Å². The SMILES string of the molecule is COc1cc(C=CC(=O)C=Cc2ccccc2)ccc1O. The average molecular weight is 280 g/mol. The Morgan fingerprint density at radius 2 is 1.67 bits per heavy atom. The molecule has 0 aliphatic heterocycles. The van der Waals surface area contributed by atoms with Gasteiger partial charge in [-0.2, -0.15) is 0 Å². The Hall–Kier alpha value is -2.81. The van der Waals surface area contributed by atoms with Crippen molar-refractivity contribution in [3.05, 3.63) is 71.8 Å². The third-order valence-electron chi connectivity index (χ3n) is 2.88. The van der Waals surface area contributed by atoms with Gasteiger partial charge in [-0.25, -0.2) is 0 Å². The molecule has 0 aromatic heterocycles. The fourth-order valence-corrected chi connectivity index (χ4v) is 1.77. The molecule has 0 bridgehead atoms. The van der Waals surface area contributed by atoms with Gasteiger partial charge in [0.15, 0.2) is 17.3 Å². The molecule has 0 aliphatic carbocycles. The first kappa shape index (κ1) is 14.6. The van der Waals surface area contributed by atoms with E-state index >= 15 is 0 Å². The molecule has 2 rings (SSSR count). The molecule has 21 heavy (non-hydrogen) atoms. The van der Waals surface area contributed by atoms with E-state index in [9.17, 15) is 9.90 Å². The summed E-state index contributed by atoms with van der Waals surface area (Å²) in [5.74, 6) is 0.347. The van der Waals surface area contributed by atoms with Crippen molar-refractivity contribution in [2.45, 2.75) is 0 Å². The van der Waals surface area contributed by atoms with Gasteiger partial charge in [0, 0.05) is 0 Å². The zero-order valence-electron chi connectivity index (χ0n) is 11.7. The Morgan fingerprint density at radius 3 is 2.33 bits per heavy atom. The molecule has 0 saturated carbocycles. The zero-order valence-corrected chi connectivity index (χ0v) is 11.7. The number of hydrogen-bond acceptors (Lipinski definition) is 3. The Kier molecular flexibility index (Phi) is 4.94. The van der Waals surface area contributed by atoms with Gasteiger partial charge < -0.3 is 9.84 Å². The third-order valence-corrected chi connectivity index (χ3v) is 2.88. The van der Waals surface area contributed by atoms with Crippen LogP contribution in [0.15, 0.2) is 60.7 Å². The fraction of sp³-hybridized carbons (Fsp3) is 0.0556. The smallest absolute Gasteiger partial charge is 0.178 e. The monoisotopic (exact) mass is 280 g/mol. The molecular formula is C18H16O3. The summed E-state index contributed by atoms with van der Waals surface area (Å²) in [5, 5.41) is 9.50. The van der Waals surface area contributed by atoms with Crippen molar-refractivity contribution < 1.29 is 14.6 Å². The Labute approximate surface area is 123 Å². The largest absolute Gasteiger partial charge is 0.504 e. The summed E-state index contributed by atoms with van der Waals surface area (Å²) in [7, 11) is 1.48. The lowest BCUT2D eigenvalue weighted by atomic mass is 10.1. The zero-order chi connectivity index (χ0) is 15.1. The number of ketones is 1. The highest BCUT2D eigenvalue weighted by Gasteiger charge is 2.00. The van der Waals surface area contributed by atoms with Gasteiger partial charge in [-0.3, -0.25) is 4.79 Å². The van der Waals surface area contributed by atoms with E-state index in [0.717, 1.165) is 11.1 Å². The lowest BCUT2D eigenvalue weighted by Crippen LogP contribution is -1.86. The Balaban J connectivity index is 2.04. The molecule has 2 aromatic rings. The molecule has 3 heteroatoms. The summed E-state index contributed by atoms with van der Waals surface area (Å²) < 4.78 is 5.01. The van der Waals surface area contributed by atoms with E-state index in [0.29, 0.717) is 5.75 Å². The lowest BCUT2D eigenvalue weighted by Gasteiger charge is -2.03. The van der Waals surface area contributed by atoms with Crippen LogP contribution in [-0.2, 0) is 4.79 Å². The van der Waals surface area contributed by atoms with Crippen LogP contribution in [0.2, 0.25) is 0 Å². The Morgan fingerprint density at radius 1 is 1.00 bits per heavy atom. The summed E-state index contributed by atoms with van der Waals surface area (Å²) >= 11 is 0. The summed E-state index contributed by atoms with van der Waals surface area (Å²) in [6.07, 6.45) is 6.44. The average Bonchev–Trinajstić information content (AvgIpc) is 2.53. The van der Waals surface area contributed by atoms with Crippen LogP contribution in [0.3, 0.4) is 0 Å². The number of allylic oxidation sites excluding steroid dienone is 2. The predicted molar refractivity (Wildman–Crippen MR) is 84.2 cm³/mol. The van der Waals surface area contributed by atoms with Crippen molar-refractivity contribution in [2.75, 3.05) is 7.11 Å². The van der Waals surface area contributed by atoms with Crippen LogP contribution in [0.1, 0.15) is 11.1 Å². The molecule has 0 atom stereocenters. The molecule has 1 N–H and O–H groups in total. The number of rotatable bonds is 5. The van der Waals surface area contributed by atoms with Gasteiger partial charge in [0.05, 0.1) is 7.11 Å². The second kappa shape index (κ2) is 7.10. The van der Waals surface area contributed by atoms with Gasteiger partial charge in [0.2, 0.25) is 0 Å². The van der Waals surface area contributed by atoms with Crippen LogP contribution in [0, 0.1) is 0 Å². The van der Waals surface area contributed by atoms with Crippen molar-refractivity contribution in [3.8, 4) is 11.5 Å². The number of hydrogen-bond donors (Lipinski definition) is 1. The van der Waals surface area contributed by atoms with E-state index < -0.39 is 0 Å². The van der Waals surface area contributed by atoms with Gasteiger partial charge in [0.1, 0.15) is 0 Å². The van der Waals surface area contributed by atoms with Gasteiger partial charge in [-0.05, 0) is 35.4 Å². The molecule has 2 aromatic carbocycles. The van der Waals surface area contributed by atoms with Crippen molar-refractivity contribution in [1.29, 1.82) is 0 Å². The molecule has 0 spiro atoms. The molecule has 0 amide bonds. The molecule has 0 heterocycles. The second-order valence-electron chi connectivity index (χ2n) is 4.41. The molecule has 0 aliphatic rings. The summed E-state index contributed by atoms with van der Waals surface area (Å²) in [6.45, 7) is 0. The van der Waals surface area contributed by atoms with Crippen molar-refractivity contribution in [1.82, 2.24) is 0 Å². The number of carbonyl (C=O) groups excluding carboxylic acids is 1. The number of phenols is 1. The maximum atomic E-state index is 11.8. The van der Waals surface area contributed by atoms with E-state index in [4.69, 9.17) is 4.74 Å². The van der Waals surface area contributed by atoms with Crippen molar-refractivity contribution in [3.63, 3.8) is 0 Å². The number of methoxy groups -OCH3 is 1. The first-order valence-corrected chi connectivity index (χ1v) is 6.51. The fourth-order valence-electron chi connectivity index (χ4n) is 1.77. The molecule has 0 radical (unpaired) electrons. The molecule has 106 valence electrons. The number of benzene rings is 2. The topological polar surface area (TPSA) is 46.5 Å². The minimum atomic E-state index is -0.106. The second-order valence-corrected chi connectivity index (χ2v) is 4.41. The minimum absolute atomic E-state index is 0.0740. The minimum Gasteiger partial charge on any atom is -0.504 e. The molecule has 0 saturated heterocycles. The summed E-state index contributed by atoms with van der Waals surface area (Å²) in [5.41, 5.74) is 1.76. The number of phenolic OH excluding ortho intramolecular Hbond substituents is 1. The van der Waals surface area contributed by atoms with E-state index in [-0.39, 0.29) is 11.5 Å². The molecule has 0 unspecified atom stereocenters. The van der Waals surface area contributed by atoms with Crippen molar-refractivity contribution >= 4 is 17.9 Å². The van der Waals surface area contributed by atoms with E-state index in [1.54, 1.807) is 24.3 Å². The number of carbonyl (C=O) groups is 1. The predicted octanol–water partition coefficient (Wildman–Crippen LogP) is 3.70. The lowest BCUT2D eigenvalue weighted by molar-refractivity contribution is -0.110. The number of ether oxygens (including phenoxy) is 1. The highest BCUT2D eigenvalue weighted by atomic mass is 16.5. The van der Waals surface area contributed by atoms with Gasteiger partial charge in [0.25, 0.3) is 0 Å². The first-order valence-electron chi connectivity index (χ1n) is 6.51. The van der Waals surface area contributed by atoms with Crippen molar-refractivity contribution in [2.24, 2.45) is 0 Å². The maximum absolute atomic E-state index is 11.8. The Bertz CT molecular complexity index is 670. The molecule has 0 fully saturated rings. The highest BCUT2D eigenvalue weighted by Crippen LogP contribution is 2.26. The molecule has 3 nitrogen and oxygen atoms in total. The van der Waals surface area contributed by atoms with Crippen LogP contribution in [-0.4, -0.2) is 18.0 Å². The van der Waals surface area contributed by atoms with E-state index in [2.05, 4.69) is 0 Å². The van der Waals surface area contributed by atoms with E-state index in [1.807, 2.05) is 30.3 Å². The van der Waals surface area contributed by atoms with Gasteiger partial charge in [-0.15, -0.1) is 0 Å². The van der Waals surface area contributed by atoms with Crippen LogP contribution >= 0.6 is 0 Å². The third kappa shape index (κ3) is 4.35. The first-order chi connectivity index (χ1) is 10.2. The van der Waals surface area contributed by atoms with E-state index in [1.165, 1.54) is 25.3 Å².